The first-order chi connectivity index (χ1) is 9.31. The molecule has 1 amide bonds. The number of nitrogens with zero attached hydrogens (tertiary/aromatic N) is 1. The van der Waals surface area contributed by atoms with Crippen molar-refractivity contribution in [3.05, 3.63) is 35.4 Å². The van der Waals surface area contributed by atoms with Gasteiger partial charge in [-0.25, -0.2) is 13.5 Å². The van der Waals surface area contributed by atoms with Crippen molar-refractivity contribution in [1.29, 1.82) is 0 Å². The Labute approximate surface area is 116 Å². The van der Waals surface area contributed by atoms with E-state index in [4.69, 9.17) is 0 Å². The molecule has 0 aliphatic rings. The maximum atomic E-state index is 13.4. The number of nitrogens with one attached hydrogen (secondary N) is 1. The molecule has 0 aliphatic carbocycles. The third-order valence-electron chi connectivity index (χ3n) is 2.69. The topological polar surface area (TPSA) is 66.5 Å². The molecule has 0 atom stereocenters. The van der Waals surface area contributed by atoms with Crippen molar-refractivity contribution in [2.75, 3.05) is 13.1 Å². The summed E-state index contributed by atoms with van der Waals surface area (Å²) in [5, 5.41) is 0. The lowest BCUT2D eigenvalue weighted by Gasteiger charge is -2.18. The first-order valence-corrected chi connectivity index (χ1v) is 7.49. The zero-order valence-electron chi connectivity index (χ0n) is 11.2. The van der Waals surface area contributed by atoms with E-state index >= 15 is 0 Å². The maximum Gasteiger partial charge on any atom is 0.303 e. The quantitative estimate of drug-likeness (QED) is 0.859. The van der Waals surface area contributed by atoms with Crippen LogP contribution >= 0.6 is 0 Å². The van der Waals surface area contributed by atoms with Gasteiger partial charge in [0.1, 0.15) is 11.6 Å². The normalized spacial score (nSPS) is 11.7. The van der Waals surface area contributed by atoms with Crippen molar-refractivity contribution >= 4 is 16.1 Å². The molecule has 1 rings (SSSR count). The summed E-state index contributed by atoms with van der Waals surface area (Å²) in [5.41, 5.74) is -0.459. The fourth-order valence-corrected chi connectivity index (χ4v) is 2.84. The van der Waals surface area contributed by atoms with Crippen LogP contribution < -0.4 is 4.72 Å². The van der Waals surface area contributed by atoms with Gasteiger partial charge in [0.25, 0.3) is 0 Å². The van der Waals surface area contributed by atoms with E-state index in [1.807, 2.05) is 0 Å². The zero-order valence-corrected chi connectivity index (χ0v) is 12.0. The van der Waals surface area contributed by atoms with Crippen LogP contribution in [0.15, 0.2) is 18.2 Å². The molecular weight excluding hydrogens is 290 g/mol. The van der Waals surface area contributed by atoms with E-state index in [-0.39, 0.29) is 13.1 Å². The molecule has 0 saturated carbocycles. The van der Waals surface area contributed by atoms with Crippen molar-refractivity contribution < 1.29 is 22.0 Å². The monoisotopic (exact) mass is 306 g/mol. The largest absolute Gasteiger partial charge is 0.303 e. The van der Waals surface area contributed by atoms with Crippen LogP contribution in [-0.4, -0.2) is 31.7 Å². The molecular formula is C12H16F2N2O3S. The van der Waals surface area contributed by atoms with Gasteiger partial charge in [0.2, 0.25) is 5.91 Å². The molecule has 8 heteroatoms. The maximum absolute atomic E-state index is 13.4. The molecule has 0 saturated heterocycles. The molecule has 0 spiro atoms. The fourth-order valence-electron chi connectivity index (χ4n) is 1.67. The summed E-state index contributed by atoms with van der Waals surface area (Å²) in [4.78, 5) is 11.6. The molecule has 0 aliphatic heterocycles. The summed E-state index contributed by atoms with van der Waals surface area (Å²) in [5.74, 6) is -2.76. The van der Waals surface area contributed by atoms with Gasteiger partial charge in [-0.15, -0.1) is 0 Å². The van der Waals surface area contributed by atoms with Crippen LogP contribution in [0.4, 0.5) is 8.78 Å². The lowest BCUT2D eigenvalue weighted by molar-refractivity contribution is -0.118. The van der Waals surface area contributed by atoms with Gasteiger partial charge in [0, 0.05) is 18.7 Å². The third kappa shape index (κ3) is 3.97. The molecule has 112 valence electrons. The number of amides is 1. The average Bonchev–Trinajstić information content (AvgIpc) is 2.34. The summed E-state index contributed by atoms with van der Waals surface area (Å²) >= 11 is 0. The van der Waals surface area contributed by atoms with Gasteiger partial charge in [0.05, 0.1) is 6.42 Å². The third-order valence-corrected chi connectivity index (χ3v) is 4.37. The van der Waals surface area contributed by atoms with E-state index in [0.717, 1.165) is 16.4 Å². The van der Waals surface area contributed by atoms with Gasteiger partial charge in [-0.2, -0.15) is 12.7 Å². The number of rotatable bonds is 6. The van der Waals surface area contributed by atoms with Crippen LogP contribution in [0, 0.1) is 11.6 Å². The first-order valence-electron chi connectivity index (χ1n) is 6.05. The van der Waals surface area contributed by atoms with Crippen molar-refractivity contribution in [3.63, 3.8) is 0 Å². The molecule has 0 aromatic heterocycles. The number of hydrogen-bond donors (Lipinski definition) is 1. The molecule has 0 heterocycles. The zero-order chi connectivity index (χ0) is 15.3. The number of hydrogen-bond acceptors (Lipinski definition) is 3. The molecule has 0 radical (unpaired) electrons. The molecule has 1 N–H and O–H groups in total. The average molecular weight is 306 g/mol. The summed E-state index contributed by atoms with van der Waals surface area (Å²) in [6.07, 6.45) is -0.682. The molecule has 0 fully saturated rings. The highest BCUT2D eigenvalue weighted by molar-refractivity contribution is 7.87. The molecule has 1 aromatic carbocycles. The van der Waals surface area contributed by atoms with E-state index in [9.17, 15) is 22.0 Å². The lowest BCUT2D eigenvalue weighted by atomic mass is 10.1. The van der Waals surface area contributed by atoms with Crippen LogP contribution in [0.25, 0.3) is 0 Å². The second-order valence-corrected chi connectivity index (χ2v) is 5.66. The Morgan fingerprint density at radius 3 is 2.15 bits per heavy atom. The summed E-state index contributed by atoms with van der Waals surface area (Å²) in [6.45, 7) is 3.60. The van der Waals surface area contributed by atoms with Gasteiger partial charge >= 0.3 is 10.2 Å². The lowest BCUT2D eigenvalue weighted by Crippen LogP contribution is -2.43. The number of benzene rings is 1. The van der Waals surface area contributed by atoms with E-state index < -0.39 is 39.7 Å². The van der Waals surface area contributed by atoms with Crippen LogP contribution in [0.2, 0.25) is 0 Å². The van der Waals surface area contributed by atoms with Crippen LogP contribution in [0.3, 0.4) is 0 Å². The van der Waals surface area contributed by atoms with Crippen LogP contribution in [0.5, 0.6) is 0 Å². The summed E-state index contributed by atoms with van der Waals surface area (Å²) in [7, 11) is -3.98. The highest BCUT2D eigenvalue weighted by atomic mass is 32.2. The highest BCUT2D eigenvalue weighted by Crippen LogP contribution is 2.12. The second kappa shape index (κ2) is 6.76. The minimum Gasteiger partial charge on any atom is -0.274 e. The first kappa shape index (κ1) is 16.5. The van der Waals surface area contributed by atoms with Crippen molar-refractivity contribution in [2.45, 2.75) is 20.3 Å². The van der Waals surface area contributed by atoms with Crippen LogP contribution in [0.1, 0.15) is 19.4 Å². The van der Waals surface area contributed by atoms with Gasteiger partial charge in [-0.3, -0.25) is 4.79 Å². The Hall–Kier alpha value is -1.54. The van der Waals surface area contributed by atoms with Crippen molar-refractivity contribution in [2.24, 2.45) is 0 Å². The molecule has 0 bridgehead atoms. The smallest absolute Gasteiger partial charge is 0.274 e. The van der Waals surface area contributed by atoms with E-state index in [1.165, 1.54) is 6.07 Å². The Kier molecular flexibility index (Phi) is 5.58. The van der Waals surface area contributed by atoms with Crippen LogP contribution in [-0.2, 0) is 21.4 Å². The molecule has 1 aromatic rings. The predicted molar refractivity (Wildman–Crippen MR) is 70.0 cm³/mol. The van der Waals surface area contributed by atoms with Crippen molar-refractivity contribution in [3.8, 4) is 0 Å². The standard InChI is InChI=1S/C12H16F2N2O3S/c1-3-16(4-2)20(18,19)15-12(17)8-9-10(13)6-5-7-11(9)14/h5-7H,3-4,8H2,1-2H3,(H,15,17). The van der Waals surface area contributed by atoms with Gasteiger partial charge in [-0.1, -0.05) is 19.9 Å². The number of halogens is 2. The van der Waals surface area contributed by atoms with E-state index in [0.29, 0.717) is 0 Å². The Bertz CT molecular complexity index is 566. The minimum atomic E-state index is -3.98. The SMILES string of the molecule is CCN(CC)S(=O)(=O)NC(=O)Cc1c(F)cccc1F. The minimum absolute atomic E-state index is 0.188. The Morgan fingerprint density at radius 1 is 1.20 bits per heavy atom. The van der Waals surface area contributed by atoms with Crippen molar-refractivity contribution in [1.82, 2.24) is 9.03 Å². The van der Waals surface area contributed by atoms with Gasteiger partial charge in [-0.05, 0) is 12.1 Å². The number of carbonyl (C=O) groups is 1. The summed E-state index contributed by atoms with van der Waals surface area (Å²) in [6, 6.07) is 3.17. The highest BCUT2D eigenvalue weighted by Gasteiger charge is 2.22. The van der Waals surface area contributed by atoms with Gasteiger partial charge < -0.3 is 0 Å². The van der Waals surface area contributed by atoms with Gasteiger partial charge in [0.15, 0.2) is 0 Å². The molecule has 0 unspecified atom stereocenters. The number of carbonyl (C=O) groups excluding carboxylic acids is 1. The van der Waals surface area contributed by atoms with E-state index in [2.05, 4.69) is 0 Å². The molecule has 5 nitrogen and oxygen atoms in total. The Morgan fingerprint density at radius 2 is 1.70 bits per heavy atom. The van der Waals surface area contributed by atoms with E-state index in [1.54, 1.807) is 18.6 Å². The summed E-state index contributed by atoms with van der Waals surface area (Å²) < 4.78 is 53.1. The fraction of sp³-hybridized carbons (Fsp3) is 0.417. The molecule has 20 heavy (non-hydrogen) atoms. The second-order valence-electron chi connectivity index (χ2n) is 3.99. The predicted octanol–water partition coefficient (Wildman–Crippen LogP) is 1.21. The Balaban J connectivity index is 2.83.